The molecule has 0 fully saturated rings. The van der Waals surface area contributed by atoms with Crippen LogP contribution in [0.25, 0.3) is 0 Å². The first kappa shape index (κ1) is 23.9. The van der Waals surface area contributed by atoms with Gasteiger partial charge in [0.15, 0.2) is 0 Å². The second-order valence-corrected chi connectivity index (χ2v) is 9.52. The Morgan fingerprint density at radius 2 is 1.07 bits per heavy atom. The Kier molecular flexibility index (Phi) is 8.06. The number of benzene rings is 2. The maximum atomic E-state index is 5.10. The van der Waals surface area contributed by atoms with Gasteiger partial charge >= 0.3 is 0 Å². The Hall–Kier alpha value is -2.35. The number of anilines is 1. The van der Waals surface area contributed by atoms with Crippen molar-refractivity contribution in [3.63, 3.8) is 0 Å². The van der Waals surface area contributed by atoms with Gasteiger partial charge in [0, 0.05) is 5.69 Å². The van der Waals surface area contributed by atoms with Crippen LogP contribution in [0.4, 0.5) is 11.4 Å². The summed E-state index contributed by atoms with van der Waals surface area (Å²) < 4.78 is 0. The molecule has 0 aromatic heterocycles. The highest BCUT2D eigenvalue weighted by Crippen LogP contribution is 2.36. The Bertz CT molecular complexity index is 862. The minimum Gasteiger partial charge on any atom is -0.354 e. The second-order valence-electron chi connectivity index (χ2n) is 9.52. The number of nitrogens with zero attached hydrogens (tertiary/aromatic N) is 1. The highest BCUT2D eigenvalue weighted by molar-refractivity contribution is 6.02. The highest BCUT2D eigenvalue weighted by Gasteiger charge is 2.17. The van der Waals surface area contributed by atoms with Gasteiger partial charge in [-0.2, -0.15) is 0 Å². The molecule has 2 aromatic carbocycles. The SMILES string of the molecule is C=C(Nc1c(C(C)C)cccc1C(C)C)/C(C)=N/c1c(C(C)C)cccc1C(C)C. The largest absolute Gasteiger partial charge is 0.354 e. The van der Waals surface area contributed by atoms with Crippen molar-refractivity contribution in [3.05, 3.63) is 70.9 Å². The molecule has 0 saturated heterocycles. The van der Waals surface area contributed by atoms with Crippen molar-refractivity contribution >= 4 is 17.1 Å². The van der Waals surface area contributed by atoms with Crippen LogP contribution in [0.2, 0.25) is 0 Å². The number of para-hydroxylation sites is 2. The van der Waals surface area contributed by atoms with E-state index >= 15 is 0 Å². The zero-order chi connectivity index (χ0) is 22.6. The molecule has 0 atom stereocenters. The Morgan fingerprint density at radius 3 is 1.43 bits per heavy atom. The lowest BCUT2D eigenvalue weighted by molar-refractivity contribution is 0.834. The molecule has 2 heteroatoms. The molecule has 0 aliphatic rings. The number of rotatable bonds is 8. The molecule has 0 aliphatic carbocycles. The lowest BCUT2D eigenvalue weighted by Crippen LogP contribution is -2.12. The quantitative estimate of drug-likeness (QED) is 0.436. The van der Waals surface area contributed by atoms with Crippen LogP contribution in [0.3, 0.4) is 0 Å². The molecule has 0 unspecified atom stereocenters. The molecule has 0 spiro atoms. The van der Waals surface area contributed by atoms with Gasteiger partial charge in [0.1, 0.15) is 0 Å². The lowest BCUT2D eigenvalue weighted by atomic mass is 9.92. The van der Waals surface area contributed by atoms with E-state index < -0.39 is 0 Å². The van der Waals surface area contributed by atoms with Gasteiger partial charge in [-0.25, -0.2) is 0 Å². The first-order chi connectivity index (χ1) is 14.0. The van der Waals surface area contributed by atoms with Crippen LogP contribution in [0.5, 0.6) is 0 Å². The molecular weight excluding hydrogens is 364 g/mol. The second kappa shape index (κ2) is 10.1. The van der Waals surface area contributed by atoms with Crippen molar-refractivity contribution in [2.24, 2.45) is 4.99 Å². The van der Waals surface area contributed by atoms with E-state index in [9.17, 15) is 0 Å². The molecule has 0 aliphatic heterocycles. The van der Waals surface area contributed by atoms with Gasteiger partial charge < -0.3 is 5.32 Å². The van der Waals surface area contributed by atoms with Crippen molar-refractivity contribution in [1.82, 2.24) is 0 Å². The molecule has 0 heterocycles. The van der Waals surface area contributed by atoms with E-state index in [4.69, 9.17) is 4.99 Å². The van der Waals surface area contributed by atoms with Crippen LogP contribution < -0.4 is 5.32 Å². The van der Waals surface area contributed by atoms with Crippen molar-refractivity contribution < 1.29 is 0 Å². The summed E-state index contributed by atoms with van der Waals surface area (Å²) in [6.45, 7) is 24.3. The predicted octanol–water partition coefficient (Wildman–Crippen LogP) is 8.90. The van der Waals surface area contributed by atoms with Crippen LogP contribution in [0, 0.1) is 0 Å². The Morgan fingerprint density at radius 1 is 0.700 bits per heavy atom. The number of allylic oxidation sites excluding steroid dienone is 1. The molecule has 1 N–H and O–H groups in total. The van der Waals surface area contributed by atoms with Crippen LogP contribution >= 0.6 is 0 Å². The average Bonchev–Trinajstić information content (AvgIpc) is 2.67. The molecular formula is C28H40N2. The standard InChI is InChI=1S/C28H40N2/c1-17(2)23-13-11-14-24(18(3)4)27(23)29-21(9)22(10)30-28-25(19(5)6)15-12-16-26(28)20(7)8/h11-20,29H,9H2,1-8,10H3/b30-22+. The van der Waals surface area contributed by atoms with E-state index in [1.807, 2.05) is 0 Å². The van der Waals surface area contributed by atoms with Gasteiger partial charge in [0.05, 0.1) is 17.1 Å². The maximum absolute atomic E-state index is 5.10. The summed E-state index contributed by atoms with van der Waals surface area (Å²) in [6, 6.07) is 13.1. The summed E-state index contributed by atoms with van der Waals surface area (Å²) in [5, 5.41) is 3.63. The normalized spacial score (nSPS) is 12.4. The fourth-order valence-corrected chi connectivity index (χ4v) is 3.81. The van der Waals surface area contributed by atoms with E-state index in [1.165, 1.54) is 27.9 Å². The molecule has 162 valence electrons. The third-order valence-electron chi connectivity index (χ3n) is 5.71. The van der Waals surface area contributed by atoms with Gasteiger partial charge in [-0.3, -0.25) is 4.99 Å². The van der Waals surface area contributed by atoms with Crippen LogP contribution in [0.1, 0.15) is 108 Å². The van der Waals surface area contributed by atoms with Crippen molar-refractivity contribution in [2.45, 2.75) is 86.0 Å². The van der Waals surface area contributed by atoms with Gasteiger partial charge in [-0.15, -0.1) is 0 Å². The molecule has 2 aromatic rings. The smallest absolute Gasteiger partial charge is 0.0702 e. The zero-order valence-corrected chi connectivity index (χ0v) is 20.4. The number of hydrogen-bond donors (Lipinski definition) is 1. The van der Waals surface area contributed by atoms with Gasteiger partial charge in [0.25, 0.3) is 0 Å². The Balaban J connectivity index is 2.49. The third kappa shape index (κ3) is 5.41. The van der Waals surface area contributed by atoms with Gasteiger partial charge in [-0.05, 0) is 52.8 Å². The number of hydrogen-bond acceptors (Lipinski definition) is 2. The van der Waals surface area contributed by atoms with Gasteiger partial charge in [0.2, 0.25) is 0 Å². The first-order valence-corrected chi connectivity index (χ1v) is 11.3. The van der Waals surface area contributed by atoms with Gasteiger partial charge in [-0.1, -0.05) is 98.4 Å². The zero-order valence-electron chi connectivity index (χ0n) is 20.4. The van der Waals surface area contributed by atoms with Crippen LogP contribution in [-0.4, -0.2) is 5.71 Å². The Labute approximate surface area is 184 Å². The van der Waals surface area contributed by atoms with Crippen molar-refractivity contribution in [2.75, 3.05) is 5.32 Å². The summed E-state index contributed by atoms with van der Waals surface area (Å²) in [5.74, 6) is 1.72. The molecule has 2 nitrogen and oxygen atoms in total. The maximum Gasteiger partial charge on any atom is 0.0702 e. The number of aliphatic imine (C=N–C) groups is 1. The fraction of sp³-hybridized carbons (Fsp3) is 0.464. The van der Waals surface area contributed by atoms with E-state index in [0.29, 0.717) is 23.7 Å². The van der Waals surface area contributed by atoms with E-state index in [1.54, 1.807) is 0 Å². The summed E-state index contributed by atoms with van der Waals surface area (Å²) in [5.41, 5.74) is 9.29. The summed E-state index contributed by atoms with van der Waals surface area (Å²) in [7, 11) is 0. The lowest BCUT2D eigenvalue weighted by Gasteiger charge is -2.22. The molecule has 0 bridgehead atoms. The summed E-state index contributed by atoms with van der Waals surface area (Å²) >= 11 is 0. The minimum atomic E-state index is 0.422. The molecule has 2 rings (SSSR count). The minimum absolute atomic E-state index is 0.422. The first-order valence-electron chi connectivity index (χ1n) is 11.3. The summed E-state index contributed by atoms with van der Waals surface area (Å²) in [6.07, 6.45) is 0. The molecule has 30 heavy (non-hydrogen) atoms. The molecule has 0 amide bonds. The fourth-order valence-electron chi connectivity index (χ4n) is 3.81. The monoisotopic (exact) mass is 404 g/mol. The number of nitrogens with one attached hydrogen (secondary N) is 1. The van der Waals surface area contributed by atoms with Crippen LogP contribution in [0.15, 0.2) is 53.7 Å². The van der Waals surface area contributed by atoms with E-state index in [-0.39, 0.29) is 0 Å². The summed E-state index contributed by atoms with van der Waals surface area (Å²) in [4.78, 5) is 5.10. The van der Waals surface area contributed by atoms with Crippen molar-refractivity contribution in [1.29, 1.82) is 0 Å². The van der Waals surface area contributed by atoms with Crippen LogP contribution in [-0.2, 0) is 0 Å². The highest BCUT2D eigenvalue weighted by atomic mass is 14.9. The topological polar surface area (TPSA) is 24.4 Å². The predicted molar refractivity (Wildman–Crippen MR) is 135 cm³/mol. The van der Waals surface area contributed by atoms with Crippen molar-refractivity contribution in [3.8, 4) is 0 Å². The molecule has 0 radical (unpaired) electrons. The van der Waals surface area contributed by atoms with E-state index in [0.717, 1.165) is 17.1 Å². The third-order valence-corrected chi connectivity index (χ3v) is 5.71. The molecule has 0 saturated carbocycles. The van der Waals surface area contributed by atoms with E-state index in [2.05, 4.69) is 111 Å². The average molecular weight is 405 g/mol.